The Labute approximate surface area is 190 Å². The quantitative estimate of drug-likeness (QED) is 0.441. The van der Waals surface area contributed by atoms with Crippen molar-refractivity contribution in [1.82, 2.24) is 8.61 Å². The van der Waals surface area contributed by atoms with Gasteiger partial charge in [-0.3, -0.25) is 0 Å². The van der Waals surface area contributed by atoms with Crippen LogP contribution in [0.2, 0.25) is 0 Å². The molecule has 0 aliphatic heterocycles. The second kappa shape index (κ2) is 9.99. The molecule has 0 saturated heterocycles. The Balaban J connectivity index is 1.94. The highest BCUT2D eigenvalue weighted by Gasteiger charge is 2.27. The maximum atomic E-state index is 13.5. The van der Waals surface area contributed by atoms with E-state index >= 15 is 0 Å². The number of sulfonamides is 2. The van der Waals surface area contributed by atoms with Crippen molar-refractivity contribution in [3.8, 4) is 0 Å². The fraction of sp³-hybridized carbons (Fsp3) is 0.304. The third kappa shape index (κ3) is 5.29. The summed E-state index contributed by atoms with van der Waals surface area (Å²) in [7, 11) is -7.58. The van der Waals surface area contributed by atoms with Gasteiger partial charge in [-0.05, 0) is 48.9 Å². The minimum absolute atomic E-state index is 0.0228. The van der Waals surface area contributed by atoms with E-state index in [1.54, 1.807) is 26.0 Å². The van der Waals surface area contributed by atoms with Crippen LogP contribution < -0.4 is 0 Å². The summed E-state index contributed by atoms with van der Waals surface area (Å²) in [5.41, 5.74) is 1.92. The van der Waals surface area contributed by atoms with Crippen LogP contribution in [0.5, 0.6) is 0 Å². The molecule has 0 saturated carbocycles. The number of nitrogens with zero attached hydrogens (tertiary/aromatic N) is 2. The van der Waals surface area contributed by atoms with Gasteiger partial charge in [0.05, 0.1) is 22.6 Å². The van der Waals surface area contributed by atoms with Crippen molar-refractivity contribution in [3.63, 3.8) is 0 Å². The van der Waals surface area contributed by atoms with E-state index in [-0.39, 0.29) is 22.9 Å². The molecule has 0 unspecified atom stereocenters. The average molecular weight is 477 g/mol. The molecule has 0 fully saturated rings. The van der Waals surface area contributed by atoms with Gasteiger partial charge in [0.1, 0.15) is 5.76 Å². The van der Waals surface area contributed by atoms with E-state index < -0.39 is 20.0 Å². The van der Waals surface area contributed by atoms with Crippen LogP contribution in [0.4, 0.5) is 0 Å². The monoisotopic (exact) mass is 476 g/mol. The van der Waals surface area contributed by atoms with E-state index in [4.69, 9.17) is 4.42 Å². The molecule has 9 heteroatoms. The minimum atomic E-state index is -3.91. The molecular formula is C23H28N2O5S2. The van der Waals surface area contributed by atoms with Crippen molar-refractivity contribution >= 4 is 20.0 Å². The zero-order valence-corrected chi connectivity index (χ0v) is 20.1. The van der Waals surface area contributed by atoms with Crippen LogP contribution in [0, 0.1) is 6.92 Å². The van der Waals surface area contributed by atoms with Gasteiger partial charge in [-0.15, -0.1) is 0 Å². The summed E-state index contributed by atoms with van der Waals surface area (Å²) in [6, 6.07) is 16.4. The van der Waals surface area contributed by atoms with Gasteiger partial charge >= 0.3 is 0 Å². The van der Waals surface area contributed by atoms with Crippen LogP contribution in [0.1, 0.15) is 30.7 Å². The van der Waals surface area contributed by atoms with Gasteiger partial charge in [0.2, 0.25) is 20.0 Å². The Morgan fingerprint density at radius 1 is 0.719 bits per heavy atom. The van der Waals surface area contributed by atoms with Gasteiger partial charge in [-0.25, -0.2) is 16.8 Å². The molecule has 1 aromatic heterocycles. The lowest BCUT2D eigenvalue weighted by molar-refractivity contribution is 0.358. The topological polar surface area (TPSA) is 87.9 Å². The SMILES string of the molecule is CCN(CC)S(=O)(=O)c1ccc(S(=O)(=O)N(Cc2ccc(C)cc2)Cc2ccco2)cc1. The van der Waals surface area contributed by atoms with Gasteiger partial charge in [-0.2, -0.15) is 8.61 Å². The van der Waals surface area contributed by atoms with E-state index in [0.717, 1.165) is 11.1 Å². The van der Waals surface area contributed by atoms with Crippen molar-refractivity contribution in [3.05, 3.63) is 83.8 Å². The molecule has 0 spiro atoms. The maximum absolute atomic E-state index is 13.5. The van der Waals surface area contributed by atoms with E-state index in [9.17, 15) is 16.8 Å². The molecule has 1 heterocycles. The lowest BCUT2D eigenvalue weighted by Gasteiger charge is -2.22. The van der Waals surface area contributed by atoms with Crippen LogP contribution >= 0.6 is 0 Å². The second-order valence-electron chi connectivity index (χ2n) is 7.40. The third-order valence-corrected chi connectivity index (χ3v) is 9.07. The lowest BCUT2D eigenvalue weighted by atomic mass is 10.1. The summed E-state index contributed by atoms with van der Waals surface area (Å²) in [6.45, 7) is 6.38. The highest BCUT2D eigenvalue weighted by Crippen LogP contribution is 2.24. The van der Waals surface area contributed by atoms with Gasteiger partial charge in [0.15, 0.2) is 0 Å². The lowest BCUT2D eigenvalue weighted by Crippen LogP contribution is -2.31. The zero-order chi connectivity index (χ0) is 23.4. The number of rotatable bonds is 10. The summed E-state index contributed by atoms with van der Waals surface area (Å²) in [5, 5.41) is 0. The summed E-state index contributed by atoms with van der Waals surface area (Å²) < 4.78 is 60.4. The number of furan rings is 1. The average Bonchev–Trinajstić information content (AvgIpc) is 3.29. The van der Waals surface area contributed by atoms with Gasteiger partial charge in [-0.1, -0.05) is 43.7 Å². The number of hydrogen-bond donors (Lipinski definition) is 0. The molecule has 0 radical (unpaired) electrons. The molecule has 0 atom stereocenters. The van der Waals surface area contributed by atoms with E-state index in [0.29, 0.717) is 18.8 Å². The highest BCUT2D eigenvalue weighted by molar-refractivity contribution is 7.89. The molecule has 0 aliphatic rings. The van der Waals surface area contributed by atoms with E-state index in [2.05, 4.69) is 0 Å². The van der Waals surface area contributed by atoms with Gasteiger partial charge in [0.25, 0.3) is 0 Å². The Bertz CT molecular complexity index is 1210. The van der Waals surface area contributed by atoms with E-state index in [1.807, 2.05) is 31.2 Å². The van der Waals surface area contributed by atoms with Crippen LogP contribution in [0.3, 0.4) is 0 Å². The fourth-order valence-corrected chi connectivity index (χ4v) is 6.20. The van der Waals surface area contributed by atoms with Crippen LogP contribution in [0.15, 0.2) is 81.1 Å². The third-order valence-electron chi connectivity index (χ3n) is 5.20. The normalized spacial score (nSPS) is 12.5. The van der Waals surface area contributed by atoms with Gasteiger partial charge < -0.3 is 4.42 Å². The summed E-state index contributed by atoms with van der Waals surface area (Å²) in [4.78, 5) is 0.0888. The highest BCUT2D eigenvalue weighted by atomic mass is 32.2. The fourth-order valence-electron chi connectivity index (χ4n) is 3.34. The zero-order valence-electron chi connectivity index (χ0n) is 18.4. The first kappa shape index (κ1) is 24.2. The van der Waals surface area contributed by atoms with Crippen molar-refractivity contribution in [2.45, 2.75) is 43.7 Å². The molecule has 32 heavy (non-hydrogen) atoms. The molecule has 0 bridgehead atoms. The molecule has 7 nitrogen and oxygen atoms in total. The molecule has 0 N–H and O–H groups in total. The predicted molar refractivity (Wildman–Crippen MR) is 123 cm³/mol. The van der Waals surface area contributed by atoms with Crippen molar-refractivity contribution < 1.29 is 21.3 Å². The molecule has 2 aromatic carbocycles. The first-order valence-corrected chi connectivity index (χ1v) is 13.2. The first-order valence-electron chi connectivity index (χ1n) is 10.4. The summed E-state index contributed by atoms with van der Waals surface area (Å²) in [5.74, 6) is 0.515. The second-order valence-corrected chi connectivity index (χ2v) is 11.3. The van der Waals surface area contributed by atoms with Crippen molar-refractivity contribution in [2.24, 2.45) is 0 Å². The molecule has 3 aromatic rings. The van der Waals surface area contributed by atoms with Crippen molar-refractivity contribution in [1.29, 1.82) is 0 Å². The molecule has 172 valence electrons. The minimum Gasteiger partial charge on any atom is -0.468 e. The number of hydrogen-bond acceptors (Lipinski definition) is 5. The smallest absolute Gasteiger partial charge is 0.243 e. The standard InChI is InChI=1S/C23H28N2O5S2/c1-4-24(5-2)31(26,27)22-12-14-23(15-13-22)32(28,29)25(18-21-7-6-16-30-21)17-20-10-8-19(3)9-11-20/h6-16H,4-5,17-18H2,1-3H3. The Hall–Kier alpha value is -2.46. The van der Waals surface area contributed by atoms with Crippen LogP contribution in [0.25, 0.3) is 0 Å². The Morgan fingerprint density at radius 3 is 1.72 bits per heavy atom. The molecule has 3 rings (SSSR count). The largest absolute Gasteiger partial charge is 0.468 e. The van der Waals surface area contributed by atoms with Crippen molar-refractivity contribution in [2.75, 3.05) is 13.1 Å². The van der Waals surface area contributed by atoms with Gasteiger partial charge in [0, 0.05) is 19.6 Å². The maximum Gasteiger partial charge on any atom is 0.243 e. The molecular weight excluding hydrogens is 448 g/mol. The summed E-state index contributed by atoms with van der Waals surface area (Å²) >= 11 is 0. The number of aryl methyl sites for hydroxylation is 1. The predicted octanol–water partition coefficient (Wildman–Crippen LogP) is 4.01. The van der Waals surface area contributed by atoms with E-state index in [1.165, 1.54) is 39.1 Å². The Kier molecular flexibility index (Phi) is 7.55. The molecule has 0 amide bonds. The first-order chi connectivity index (χ1) is 15.2. The van der Waals surface area contributed by atoms with Crippen LogP contribution in [-0.4, -0.2) is 38.5 Å². The molecule has 0 aliphatic carbocycles. The Morgan fingerprint density at radius 2 is 1.25 bits per heavy atom. The summed E-state index contributed by atoms with van der Waals surface area (Å²) in [6.07, 6.45) is 1.50. The number of benzene rings is 2. The van der Waals surface area contributed by atoms with Crippen LogP contribution in [-0.2, 0) is 33.1 Å².